The molecule has 4 aromatic rings. The van der Waals surface area contributed by atoms with Crippen molar-refractivity contribution in [3.63, 3.8) is 0 Å². The lowest BCUT2D eigenvalue weighted by Crippen LogP contribution is -2.29. The Morgan fingerprint density at radius 3 is 2.25 bits per heavy atom. The number of H-pyrrole nitrogens is 1. The highest BCUT2D eigenvalue weighted by Crippen LogP contribution is 2.44. The normalized spacial score (nSPS) is 16.1. The fraction of sp³-hybridized carbons (Fsp3) is 0.120. The fourth-order valence-electron chi connectivity index (χ4n) is 4.09. The van der Waals surface area contributed by atoms with Gasteiger partial charge in [-0.15, -0.1) is 0 Å². The summed E-state index contributed by atoms with van der Waals surface area (Å²) < 4.78 is 10.9. The Balaban J connectivity index is 1.70. The number of rotatable bonds is 5. The highest BCUT2D eigenvalue weighted by Gasteiger charge is 2.41. The van der Waals surface area contributed by atoms with Crippen molar-refractivity contribution in [2.45, 2.75) is 6.04 Å². The number of aromatic nitrogens is 2. The van der Waals surface area contributed by atoms with Crippen LogP contribution in [0.3, 0.4) is 0 Å². The van der Waals surface area contributed by atoms with Crippen LogP contribution in [-0.2, 0) is 0 Å². The van der Waals surface area contributed by atoms with E-state index in [4.69, 9.17) is 14.9 Å². The molecule has 3 N–H and O–H groups in total. The van der Waals surface area contributed by atoms with Crippen molar-refractivity contribution in [2.24, 2.45) is 0 Å². The summed E-state index contributed by atoms with van der Waals surface area (Å²) in [5.74, 6) is 1.83. The van der Waals surface area contributed by atoms with Crippen molar-refractivity contribution in [3.8, 4) is 11.5 Å². The van der Waals surface area contributed by atoms with Gasteiger partial charge in [-0.05, 0) is 17.7 Å². The minimum atomic E-state index is -0.594. The lowest BCUT2D eigenvalue weighted by molar-refractivity contribution is 0.378. The first-order valence-corrected chi connectivity index (χ1v) is 10.1. The third-order valence-corrected chi connectivity index (χ3v) is 5.61. The van der Waals surface area contributed by atoms with Crippen molar-refractivity contribution < 1.29 is 14.6 Å². The summed E-state index contributed by atoms with van der Waals surface area (Å²) in [6.45, 7) is 0. The molecule has 1 aromatic heterocycles. The third kappa shape index (κ3) is 3.15. The van der Waals surface area contributed by atoms with E-state index in [1.54, 1.807) is 25.2 Å². The largest absolute Gasteiger partial charge is 0.509 e. The molecule has 2 heterocycles. The molecule has 1 aliphatic rings. The summed E-state index contributed by atoms with van der Waals surface area (Å²) in [6, 6.07) is 22.1. The van der Waals surface area contributed by atoms with Crippen LogP contribution in [0.2, 0.25) is 0 Å². The number of nitrogens with one attached hydrogen (secondary N) is 2. The summed E-state index contributed by atoms with van der Waals surface area (Å²) in [5, 5.41) is 20.5. The van der Waals surface area contributed by atoms with Gasteiger partial charge in [0.2, 0.25) is 0 Å². The Bertz CT molecular complexity index is 1290. The summed E-state index contributed by atoms with van der Waals surface area (Å²) in [6.07, 6.45) is 0. The van der Waals surface area contributed by atoms with Gasteiger partial charge in [0.1, 0.15) is 35.0 Å². The van der Waals surface area contributed by atoms with Gasteiger partial charge in [-0.2, -0.15) is 0 Å². The number of hydrogen-bond acceptors (Lipinski definition) is 5. The number of ether oxygens (including phenoxy) is 2. The lowest BCUT2D eigenvalue weighted by atomic mass is 10.0. The SMILES string of the molecule is COc1cc(OC)cc(N2C(=N)C(c3nc4ccccc4[nH]3)=C(O)C2c2ccccc2)c1. The van der Waals surface area contributed by atoms with Crippen LogP contribution in [0.15, 0.2) is 78.6 Å². The van der Waals surface area contributed by atoms with Crippen molar-refractivity contribution in [3.05, 3.63) is 89.9 Å². The van der Waals surface area contributed by atoms with Crippen molar-refractivity contribution in [2.75, 3.05) is 19.1 Å². The molecule has 0 saturated carbocycles. The molecule has 160 valence electrons. The van der Waals surface area contributed by atoms with E-state index < -0.39 is 6.04 Å². The number of benzene rings is 3. The fourth-order valence-corrected chi connectivity index (χ4v) is 4.09. The Hall–Kier alpha value is -4.26. The minimum Gasteiger partial charge on any atom is -0.509 e. The predicted molar refractivity (Wildman–Crippen MR) is 125 cm³/mol. The molecule has 0 fully saturated rings. The number of aromatic amines is 1. The van der Waals surface area contributed by atoms with Crippen LogP contribution in [0, 0.1) is 5.41 Å². The quantitative estimate of drug-likeness (QED) is 0.413. The predicted octanol–water partition coefficient (Wildman–Crippen LogP) is 5.09. The first kappa shape index (κ1) is 19.7. The summed E-state index contributed by atoms with van der Waals surface area (Å²) in [7, 11) is 3.16. The number of imidazole rings is 1. The molecule has 3 aromatic carbocycles. The summed E-state index contributed by atoms with van der Waals surface area (Å²) >= 11 is 0. The maximum atomic E-state index is 11.4. The zero-order chi connectivity index (χ0) is 22.2. The second-order valence-electron chi connectivity index (χ2n) is 7.47. The molecule has 0 amide bonds. The smallest absolute Gasteiger partial charge is 0.145 e. The first-order valence-electron chi connectivity index (χ1n) is 10.1. The van der Waals surface area contributed by atoms with Gasteiger partial charge in [0, 0.05) is 18.2 Å². The van der Waals surface area contributed by atoms with E-state index in [1.807, 2.05) is 66.7 Å². The molecule has 7 nitrogen and oxygen atoms in total. The molecule has 0 aliphatic carbocycles. The molecule has 0 bridgehead atoms. The van der Waals surface area contributed by atoms with E-state index in [9.17, 15) is 5.11 Å². The number of methoxy groups -OCH3 is 2. The average Bonchev–Trinajstić information content (AvgIpc) is 3.36. The number of aliphatic hydroxyl groups is 1. The Morgan fingerprint density at radius 1 is 0.938 bits per heavy atom. The van der Waals surface area contributed by atoms with Crippen LogP contribution in [0.5, 0.6) is 11.5 Å². The number of nitrogens with zero attached hydrogens (tertiary/aromatic N) is 2. The molecule has 1 atom stereocenters. The summed E-state index contributed by atoms with van der Waals surface area (Å²) in [5.41, 5.74) is 3.49. The highest BCUT2D eigenvalue weighted by molar-refractivity contribution is 6.31. The van der Waals surface area contributed by atoms with E-state index in [0.29, 0.717) is 28.6 Å². The molecule has 0 spiro atoms. The van der Waals surface area contributed by atoms with E-state index >= 15 is 0 Å². The number of para-hydroxylation sites is 2. The van der Waals surface area contributed by atoms with Gasteiger partial charge in [0.05, 0.1) is 36.5 Å². The maximum Gasteiger partial charge on any atom is 0.145 e. The minimum absolute atomic E-state index is 0.0574. The van der Waals surface area contributed by atoms with Gasteiger partial charge in [0.15, 0.2) is 0 Å². The molecule has 5 rings (SSSR count). The van der Waals surface area contributed by atoms with Gasteiger partial charge in [-0.25, -0.2) is 4.98 Å². The maximum absolute atomic E-state index is 11.4. The van der Waals surface area contributed by atoms with Gasteiger partial charge < -0.3 is 24.5 Å². The van der Waals surface area contributed by atoms with Crippen LogP contribution < -0.4 is 14.4 Å². The van der Waals surface area contributed by atoms with Crippen LogP contribution in [0.25, 0.3) is 16.6 Å². The second-order valence-corrected chi connectivity index (χ2v) is 7.47. The zero-order valence-corrected chi connectivity index (χ0v) is 17.7. The van der Waals surface area contributed by atoms with Crippen molar-refractivity contribution in [1.29, 1.82) is 5.41 Å². The lowest BCUT2D eigenvalue weighted by Gasteiger charge is -2.28. The number of anilines is 1. The van der Waals surface area contributed by atoms with Crippen molar-refractivity contribution in [1.82, 2.24) is 9.97 Å². The second kappa shape index (κ2) is 7.77. The topological polar surface area (TPSA) is 94.5 Å². The number of hydrogen-bond donors (Lipinski definition) is 3. The highest BCUT2D eigenvalue weighted by atomic mass is 16.5. The number of fused-ring (bicyclic) bond motifs is 1. The standard InChI is InChI=1S/C25H22N4O3/c1-31-17-12-16(13-18(14-17)32-2)29-22(15-8-4-3-5-9-15)23(30)21(24(29)26)25-27-19-10-6-7-11-20(19)28-25/h3-14,22,26,30H,1-2H3,(H,27,28). The van der Waals surface area contributed by atoms with Crippen LogP contribution in [0.4, 0.5) is 5.69 Å². The van der Waals surface area contributed by atoms with Gasteiger partial charge >= 0.3 is 0 Å². The van der Waals surface area contributed by atoms with Crippen LogP contribution >= 0.6 is 0 Å². The van der Waals surface area contributed by atoms with E-state index in [-0.39, 0.29) is 11.6 Å². The van der Waals surface area contributed by atoms with Crippen molar-refractivity contribution >= 4 is 28.1 Å². The Kier molecular flexibility index (Phi) is 4.78. The van der Waals surface area contributed by atoms with E-state index in [0.717, 1.165) is 16.6 Å². The van der Waals surface area contributed by atoms with Gasteiger partial charge in [0.25, 0.3) is 0 Å². The number of aliphatic hydroxyl groups excluding tert-OH is 1. The molecular formula is C25H22N4O3. The molecule has 1 unspecified atom stereocenters. The van der Waals surface area contributed by atoms with E-state index in [1.165, 1.54) is 0 Å². The third-order valence-electron chi connectivity index (χ3n) is 5.61. The van der Waals surface area contributed by atoms with Crippen LogP contribution in [0.1, 0.15) is 17.4 Å². The monoisotopic (exact) mass is 426 g/mol. The van der Waals surface area contributed by atoms with Gasteiger partial charge in [-0.1, -0.05) is 42.5 Å². The first-order chi connectivity index (χ1) is 15.6. The number of amidine groups is 1. The molecule has 32 heavy (non-hydrogen) atoms. The molecule has 7 heteroatoms. The van der Waals surface area contributed by atoms with Gasteiger partial charge in [-0.3, -0.25) is 5.41 Å². The molecular weight excluding hydrogens is 404 g/mol. The average molecular weight is 426 g/mol. The Morgan fingerprint density at radius 2 is 1.59 bits per heavy atom. The molecule has 1 aliphatic heterocycles. The zero-order valence-electron chi connectivity index (χ0n) is 17.7. The molecule has 0 saturated heterocycles. The van der Waals surface area contributed by atoms with Crippen LogP contribution in [-0.4, -0.2) is 35.1 Å². The Labute approximate surface area is 185 Å². The van der Waals surface area contributed by atoms with E-state index in [2.05, 4.69) is 9.97 Å². The molecule has 0 radical (unpaired) electrons. The summed E-state index contributed by atoms with van der Waals surface area (Å²) in [4.78, 5) is 9.63.